The minimum Gasteiger partial charge on any atom is -0.351 e. The van der Waals surface area contributed by atoms with Gasteiger partial charge in [0.05, 0.1) is 17.8 Å². The van der Waals surface area contributed by atoms with E-state index < -0.39 is 0 Å². The molecule has 144 valence electrons. The summed E-state index contributed by atoms with van der Waals surface area (Å²) in [4.78, 5) is 17.4. The third-order valence-electron chi connectivity index (χ3n) is 6.15. The van der Waals surface area contributed by atoms with Gasteiger partial charge in [-0.1, -0.05) is 42.8 Å². The van der Waals surface area contributed by atoms with Crippen molar-refractivity contribution in [2.45, 2.75) is 45.1 Å². The normalized spacial score (nSPS) is 15.1. The maximum absolute atomic E-state index is 13.0. The molecular formula is C24H27N3O. The first kappa shape index (κ1) is 18.5. The largest absolute Gasteiger partial charge is 0.351 e. The fraction of sp³-hybridized carbons (Fsp3) is 0.333. The molecule has 0 radical (unpaired) electrons. The molecule has 0 spiro atoms. The summed E-state index contributed by atoms with van der Waals surface area (Å²) in [5.41, 5.74) is 5.25. The van der Waals surface area contributed by atoms with E-state index in [-0.39, 0.29) is 11.3 Å². The Morgan fingerprint density at radius 2 is 1.86 bits per heavy atom. The van der Waals surface area contributed by atoms with Crippen molar-refractivity contribution in [3.63, 3.8) is 0 Å². The van der Waals surface area contributed by atoms with Crippen LogP contribution in [-0.2, 0) is 12.0 Å². The maximum Gasteiger partial charge on any atom is 0.253 e. The topological polar surface area (TPSA) is 46.9 Å². The minimum atomic E-state index is 0.0163. The Kier molecular flexibility index (Phi) is 5.03. The predicted molar refractivity (Wildman–Crippen MR) is 112 cm³/mol. The molecule has 1 saturated carbocycles. The molecule has 1 aliphatic carbocycles. The molecular weight excluding hydrogens is 346 g/mol. The summed E-state index contributed by atoms with van der Waals surface area (Å²) in [5.74, 6) is 0.0163. The first-order chi connectivity index (χ1) is 13.6. The Bertz CT molecular complexity index is 956. The van der Waals surface area contributed by atoms with Crippen LogP contribution in [0.25, 0.3) is 0 Å². The van der Waals surface area contributed by atoms with Gasteiger partial charge in [-0.05, 0) is 50.5 Å². The predicted octanol–water partition coefficient (Wildman–Crippen LogP) is 4.40. The molecule has 2 aromatic heterocycles. The molecule has 1 aromatic carbocycles. The SMILES string of the molecule is Cc1cc(C(=O)NCC2(c3ccccc3)CCC2)c(C)n1Cc1ccccn1. The zero-order chi connectivity index (χ0) is 19.6. The summed E-state index contributed by atoms with van der Waals surface area (Å²) >= 11 is 0. The van der Waals surface area contributed by atoms with Crippen molar-refractivity contribution in [2.24, 2.45) is 0 Å². The maximum atomic E-state index is 13.0. The van der Waals surface area contributed by atoms with Crippen molar-refractivity contribution < 1.29 is 4.79 Å². The van der Waals surface area contributed by atoms with E-state index in [0.717, 1.165) is 35.5 Å². The lowest BCUT2D eigenvalue weighted by molar-refractivity contribution is 0.0927. The molecule has 2 heterocycles. The number of hydrogen-bond donors (Lipinski definition) is 1. The number of rotatable bonds is 6. The van der Waals surface area contributed by atoms with Gasteiger partial charge in [-0.3, -0.25) is 9.78 Å². The number of aromatic nitrogens is 2. The van der Waals surface area contributed by atoms with Gasteiger partial charge in [0.2, 0.25) is 0 Å². The van der Waals surface area contributed by atoms with Crippen molar-refractivity contribution in [3.05, 3.63) is 89.0 Å². The number of hydrogen-bond acceptors (Lipinski definition) is 2. The van der Waals surface area contributed by atoms with Crippen LogP contribution in [0.15, 0.2) is 60.8 Å². The van der Waals surface area contributed by atoms with Crippen molar-refractivity contribution in [2.75, 3.05) is 6.54 Å². The molecule has 1 aliphatic rings. The standard InChI is InChI=1S/C24H27N3O/c1-18-15-22(19(2)27(18)16-21-11-6-7-14-25-21)23(28)26-17-24(12-8-13-24)20-9-4-3-5-10-20/h3-7,9-11,14-15H,8,12-13,16-17H2,1-2H3,(H,26,28). The Morgan fingerprint density at radius 3 is 2.50 bits per heavy atom. The van der Waals surface area contributed by atoms with Crippen LogP contribution in [0, 0.1) is 13.8 Å². The number of nitrogens with one attached hydrogen (secondary N) is 1. The number of pyridine rings is 1. The monoisotopic (exact) mass is 373 g/mol. The van der Waals surface area contributed by atoms with E-state index in [4.69, 9.17) is 0 Å². The first-order valence-electron chi connectivity index (χ1n) is 9.99. The zero-order valence-corrected chi connectivity index (χ0v) is 16.6. The van der Waals surface area contributed by atoms with Crippen molar-refractivity contribution in [3.8, 4) is 0 Å². The molecule has 0 unspecified atom stereocenters. The average molecular weight is 374 g/mol. The molecule has 4 heteroatoms. The lowest BCUT2D eigenvalue weighted by atomic mass is 9.64. The van der Waals surface area contributed by atoms with E-state index in [1.807, 2.05) is 44.2 Å². The van der Waals surface area contributed by atoms with Crippen molar-refractivity contribution in [1.82, 2.24) is 14.9 Å². The zero-order valence-electron chi connectivity index (χ0n) is 16.6. The Balaban J connectivity index is 1.49. The Labute approximate surface area is 166 Å². The number of aryl methyl sites for hydroxylation is 1. The van der Waals surface area contributed by atoms with Crippen LogP contribution in [0.4, 0.5) is 0 Å². The Hall–Kier alpha value is -2.88. The highest BCUT2D eigenvalue weighted by atomic mass is 16.1. The van der Waals surface area contributed by atoms with Gasteiger partial charge in [-0.25, -0.2) is 0 Å². The van der Waals surface area contributed by atoms with Gasteiger partial charge < -0.3 is 9.88 Å². The summed E-state index contributed by atoms with van der Waals surface area (Å²) in [6, 6.07) is 18.5. The van der Waals surface area contributed by atoms with E-state index in [2.05, 4.69) is 39.1 Å². The van der Waals surface area contributed by atoms with Gasteiger partial charge in [0.1, 0.15) is 0 Å². The van der Waals surface area contributed by atoms with E-state index in [1.54, 1.807) is 6.20 Å². The highest BCUT2D eigenvalue weighted by molar-refractivity contribution is 5.95. The lowest BCUT2D eigenvalue weighted by Crippen LogP contribution is -2.45. The highest BCUT2D eigenvalue weighted by Crippen LogP contribution is 2.43. The third kappa shape index (κ3) is 3.47. The van der Waals surface area contributed by atoms with Crippen LogP contribution in [-0.4, -0.2) is 22.0 Å². The molecule has 1 N–H and O–H groups in total. The molecule has 4 nitrogen and oxygen atoms in total. The van der Waals surface area contributed by atoms with Crippen LogP contribution in [0.3, 0.4) is 0 Å². The quantitative estimate of drug-likeness (QED) is 0.696. The van der Waals surface area contributed by atoms with Gasteiger partial charge in [0.15, 0.2) is 0 Å². The van der Waals surface area contributed by atoms with Gasteiger partial charge in [0.25, 0.3) is 5.91 Å². The van der Waals surface area contributed by atoms with E-state index >= 15 is 0 Å². The summed E-state index contributed by atoms with van der Waals surface area (Å²) in [5, 5.41) is 3.22. The smallest absolute Gasteiger partial charge is 0.253 e. The van der Waals surface area contributed by atoms with Gasteiger partial charge in [0, 0.05) is 29.5 Å². The second kappa shape index (κ2) is 7.63. The van der Waals surface area contributed by atoms with Crippen LogP contribution >= 0.6 is 0 Å². The number of nitrogens with zero attached hydrogens (tertiary/aromatic N) is 2. The van der Waals surface area contributed by atoms with Gasteiger partial charge in [-0.2, -0.15) is 0 Å². The molecule has 1 amide bonds. The number of amides is 1. The summed E-state index contributed by atoms with van der Waals surface area (Å²) in [7, 11) is 0. The lowest BCUT2D eigenvalue weighted by Gasteiger charge is -2.42. The molecule has 0 bridgehead atoms. The minimum absolute atomic E-state index is 0.0163. The fourth-order valence-electron chi connectivity index (χ4n) is 4.24. The molecule has 3 aromatic rings. The van der Waals surface area contributed by atoms with Crippen molar-refractivity contribution >= 4 is 5.91 Å². The van der Waals surface area contributed by atoms with Crippen molar-refractivity contribution in [1.29, 1.82) is 0 Å². The van der Waals surface area contributed by atoms with Crippen LogP contribution in [0.2, 0.25) is 0 Å². The number of carbonyl (C=O) groups excluding carboxylic acids is 1. The van der Waals surface area contributed by atoms with Crippen LogP contribution < -0.4 is 5.32 Å². The van der Waals surface area contributed by atoms with Crippen LogP contribution in [0.1, 0.15) is 52.3 Å². The Morgan fingerprint density at radius 1 is 1.11 bits per heavy atom. The first-order valence-corrected chi connectivity index (χ1v) is 9.99. The fourth-order valence-corrected chi connectivity index (χ4v) is 4.24. The van der Waals surface area contributed by atoms with Gasteiger partial charge >= 0.3 is 0 Å². The van der Waals surface area contributed by atoms with Gasteiger partial charge in [-0.15, -0.1) is 0 Å². The average Bonchev–Trinajstić information content (AvgIpc) is 2.97. The number of benzene rings is 1. The highest BCUT2D eigenvalue weighted by Gasteiger charge is 2.38. The molecule has 4 rings (SSSR count). The van der Waals surface area contributed by atoms with E-state index in [9.17, 15) is 4.79 Å². The molecule has 0 aliphatic heterocycles. The summed E-state index contributed by atoms with van der Waals surface area (Å²) < 4.78 is 2.16. The molecule has 0 atom stereocenters. The molecule has 1 fully saturated rings. The second-order valence-electron chi connectivity index (χ2n) is 7.87. The molecule has 0 saturated heterocycles. The van der Waals surface area contributed by atoms with Crippen LogP contribution in [0.5, 0.6) is 0 Å². The second-order valence-corrected chi connectivity index (χ2v) is 7.87. The number of carbonyl (C=O) groups is 1. The summed E-state index contributed by atoms with van der Waals surface area (Å²) in [6.45, 7) is 5.44. The van der Waals surface area contributed by atoms with E-state index in [0.29, 0.717) is 13.1 Å². The third-order valence-corrected chi connectivity index (χ3v) is 6.15. The molecule has 28 heavy (non-hydrogen) atoms. The summed E-state index contributed by atoms with van der Waals surface area (Å²) in [6.07, 6.45) is 5.30. The van der Waals surface area contributed by atoms with E-state index in [1.165, 1.54) is 12.0 Å².